The number of aryl methyl sites for hydroxylation is 1. The summed E-state index contributed by atoms with van der Waals surface area (Å²) in [6.07, 6.45) is 1.82. The van der Waals surface area contributed by atoms with Gasteiger partial charge in [-0.2, -0.15) is 0 Å². The van der Waals surface area contributed by atoms with Gasteiger partial charge in [0, 0.05) is 12.6 Å². The number of carboxylic acid groups (broad SMARTS) is 1. The summed E-state index contributed by atoms with van der Waals surface area (Å²) in [5.41, 5.74) is 2.50. The fourth-order valence-electron chi connectivity index (χ4n) is 2.40. The zero-order chi connectivity index (χ0) is 12.4. The second-order valence-corrected chi connectivity index (χ2v) is 4.99. The van der Waals surface area contributed by atoms with E-state index in [0.29, 0.717) is 0 Å². The topological polar surface area (TPSA) is 40.5 Å². The van der Waals surface area contributed by atoms with Crippen LogP contribution in [0.3, 0.4) is 0 Å². The van der Waals surface area contributed by atoms with Gasteiger partial charge in [-0.15, -0.1) is 0 Å². The van der Waals surface area contributed by atoms with Gasteiger partial charge in [0.25, 0.3) is 0 Å². The number of hydrogen-bond donors (Lipinski definition) is 1. The molecule has 0 bridgehead atoms. The smallest absolute Gasteiger partial charge is 0.308 e. The molecule has 92 valence electrons. The summed E-state index contributed by atoms with van der Waals surface area (Å²) in [6.45, 7) is 2.90. The third-order valence-electron chi connectivity index (χ3n) is 3.67. The van der Waals surface area contributed by atoms with E-state index in [2.05, 4.69) is 36.1 Å². The maximum atomic E-state index is 11.0. The minimum atomic E-state index is -0.656. The van der Waals surface area contributed by atoms with Gasteiger partial charge in [0.05, 0.1) is 5.92 Å². The second kappa shape index (κ2) is 4.88. The lowest BCUT2D eigenvalue weighted by Crippen LogP contribution is -2.48. The van der Waals surface area contributed by atoms with Crippen LogP contribution in [0.4, 0.5) is 0 Å². The highest BCUT2D eigenvalue weighted by Gasteiger charge is 2.38. The van der Waals surface area contributed by atoms with Crippen molar-refractivity contribution in [3.63, 3.8) is 0 Å². The standard InChI is InChI=1S/C14H19NO2/c1-10-3-5-11(6-4-10)9-15(2)13-8-7-12(13)14(16)17/h3-6,12-13H,7-9H2,1-2H3,(H,16,17). The van der Waals surface area contributed by atoms with E-state index in [1.54, 1.807) is 0 Å². The van der Waals surface area contributed by atoms with Crippen LogP contribution in [0.2, 0.25) is 0 Å². The fraction of sp³-hybridized carbons (Fsp3) is 0.500. The molecule has 2 atom stereocenters. The van der Waals surface area contributed by atoms with E-state index in [1.807, 2.05) is 7.05 Å². The van der Waals surface area contributed by atoms with E-state index in [9.17, 15) is 4.79 Å². The lowest BCUT2D eigenvalue weighted by Gasteiger charge is -2.40. The first-order valence-corrected chi connectivity index (χ1v) is 6.06. The van der Waals surface area contributed by atoms with Gasteiger partial charge in [-0.05, 0) is 32.4 Å². The van der Waals surface area contributed by atoms with E-state index in [0.717, 1.165) is 19.4 Å². The molecule has 1 fully saturated rings. The number of benzene rings is 1. The average Bonchev–Trinajstić information content (AvgIpc) is 2.18. The first kappa shape index (κ1) is 12.1. The number of carboxylic acids is 1. The summed E-state index contributed by atoms with van der Waals surface area (Å²) in [6, 6.07) is 8.62. The highest BCUT2D eigenvalue weighted by Crippen LogP contribution is 2.32. The molecule has 0 amide bonds. The van der Waals surface area contributed by atoms with Crippen LogP contribution in [-0.2, 0) is 11.3 Å². The molecule has 0 heterocycles. The molecule has 1 aromatic rings. The summed E-state index contributed by atoms with van der Waals surface area (Å²) in [5.74, 6) is -0.831. The van der Waals surface area contributed by atoms with Crippen LogP contribution in [-0.4, -0.2) is 29.1 Å². The number of aliphatic carboxylic acids is 1. The Bertz CT molecular complexity index is 399. The lowest BCUT2D eigenvalue weighted by molar-refractivity contribution is -0.148. The molecule has 0 saturated heterocycles. The Balaban J connectivity index is 1.95. The zero-order valence-corrected chi connectivity index (χ0v) is 10.4. The van der Waals surface area contributed by atoms with Crippen molar-refractivity contribution in [1.82, 2.24) is 4.90 Å². The number of carbonyl (C=O) groups is 1. The molecule has 1 aliphatic carbocycles. The summed E-state index contributed by atoms with van der Waals surface area (Å²) < 4.78 is 0. The average molecular weight is 233 g/mol. The van der Waals surface area contributed by atoms with Gasteiger partial charge in [0.1, 0.15) is 0 Å². The van der Waals surface area contributed by atoms with Gasteiger partial charge in [0.2, 0.25) is 0 Å². The predicted molar refractivity (Wildman–Crippen MR) is 66.8 cm³/mol. The zero-order valence-electron chi connectivity index (χ0n) is 10.4. The molecule has 1 aliphatic rings. The van der Waals surface area contributed by atoms with E-state index >= 15 is 0 Å². The quantitative estimate of drug-likeness (QED) is 0.867. The minimum Gasteiger partial charge on any atom is -0.481 e. The molecule has 0 spiro atoms. The molecule has 0 radical (unpaired) electrons. The summed E-state index contributed by atoms with van der Waals surface area (Å²) in [7, 11) is 2.01. The van der Waals surface area contributed by atoms with E-state index in [1.165, 1.54) is 11.1 Å². The van der Waals surface area contributed by atoms with Crippen molar-refractivity contribution in [2.45, 2.75) is 32.4 Å². The summed E-state index contributed by atoms with van der Waals surface area (Å²) in [5, 5.41) is 9.03. The second-order valence-electron chi connectivity index (χ2n) is 4.99. The van der Waals surface area contributed by atoms with E-state index < -0.39 is 5.97 Å². The van der Waals surface area contributed by atoms with E-state index in [-0.39, 0.29) is 12.0 Å². The Hall–Kier alpha value is -1.35. The van der Waals surface area contributed by atoms with Gasteiger partial charge < -0.3 is 5.11 Å². The molecule has 1 N–H and O–H groups in total. The van der Waals surface area contributed by atoms with Crippen molar-refractivity contribution in [2.75, 3.05) is 7.05 Å². The van der Waals surface area contributed by atoms with Crippen molar-refractivity contribution in [1.29, 1.82) is 0 Å². The molecule has 3 nitrogen and oxygen atoms in total. The van der Waals surface area contributed by atoms with Gasteiger partial charge in [-0.1, -0.05) is 29.8 Å². The first-order chi connectivity index (χ1) is 8.08. The molecule has 0 aromatic heterocycles. The lowest BCUT2D eigenvalue weighted by atomic mass is 9.78. The van der Waals surface area contributed by atoms with Crippen LogP contribution in [0.1, 0.15) is 24.0 Å². The van der Waals surface area contributed by atoms with Crippen LogP contribution in [0.5, 0.6) is 0 Å². The normalized spacial score (nSPS) is 23.5. The van der Waals surface area contributed by atoms with Crippen molar-refractivity contribution in [2.24, 2.45) is 5.92 Å². The van der Waals surface area contributed by atoms with Gasteiger partial charge in [-0.25, -0.2) is 0 Å². The molecule has 2 unspecified atom stereocenters. The Labute approximate surface area is 102 Å². The molecule has 3 heteroatoms. The Kier molecular flexibility index (Phi) is 3.48. The molecule has 17 heavy (non-hydrogen) atoms. The van der Waals surface area contributed by atoms with Crippen molar-refractivity contribution < 1.29 is 9.90 Å². The largest absolute Gasteiger partial charge is 0.481 e. The van der Waals surface area contributed by atoms with Gasteiger partial charge >= 0.3 is 5.97 Å². The SMILES string of the molecule is Cc1ccc(CN(C)C2CCC2C(=O)O)cc1. The number of hydrogen-bond acceptors (Lipinski definition) is 2. The predicted octanol–water partition coefficient (Wildman–Crippen LogP) is 2.29. The number of rotatable bonds is 4. The maximum Gasteiger partial charge on any atom is 0.308 e. The summed E-state index contributed by atoms with van der Waals surface area (Å²) >= 11 is 0. The Morgan fingerprint density at radius 1 is 1.35 bits per heavy atom. The van der Waals surface area contributed by atoms with Crippen molar-refractivity contribution >= 4 is 5.97 Å². The molecular formula is C14H19NO2. The Morgan fingerprint density at radius 3 is 2.47 bits per heavy atom. The summed E-state index contributed by atoms with van der Waals surface area (Å²) in [4.78, 5) is 13.1. The molecular weight excluding hydrogens is 214 g/mol. The van der Waals surface area contributed by atoms with E-state index in [4.69, 9.17) is 5.11 Å². The molecule has 1 saturated carbocycles. The molecule has 0 aliphatic heterocycles. The third kappa shape index (κ3) is 2.67. The van der Waals surface area contributed by atoms with Gasteiger partial charge in [0.15, 0.2) is 0 Å². The van der Waals surface area contributed by atoms with Crippen LogP contribution >= 0.6 is 0 Å². The fourth-order valence-corrected chi connectivity index (χ4v) is 2.40. The van der Waals surface area contributed by atoms with Crippen LogP contribution in [0.15, 0.2) is 24.3 Å². The highest BCUT2D eigenvalue weighted by molar-refractivity contribution is 5.72. The maximum absolute atomic E-state index is 11.0. The van der Waals surface area contributed by atoms with Gasteiger partial charge in [-0.3, -0.25) is 9.69 Å². The van der Waals surface area contributed by atoms with Crippen LogP contribution in [0.25, 0.3) is 0 Å². The van der Waals surface area contributed by atoms with Crippen LogP contribution in [0, 0.1) is 12.8 Å². The monoisotopic (exact) mass is 233 g/mol. The van der Waals surface area contributed by atoms with Crippen molar-refractivity contribution in [3.05, 3.63) is 35.4 Å². The third-order valence-corrected chi connectivity index (χ3v) is 3.67. The van der Waals surface area contributed by atoms with Crippen LogP contribution < -0.4 is 0 Å². The first-order valence-electron chi connectivity index (χ1n) is 6.06. The molecule has 1 aromatic carbocycles. The number of nitrogens with zero attached hydrogens (tertiary/aromatic N) is 1. The van der Waals surface area contributed by atoms with Crippen molar-refractivity contribution in [3.8, 4) is 0 Å². The highest BCUT2D eigenvalue weighted by atomic mass is 16.4. The molecule has 2 rings (SSSR count). The Morgan fingerprint density at radius 2 is 2.00 bits per heavy atom. The minimum absolute atomic E-state index is 0.176.